The molecular formula is C18H25ClN2O2. The van der Waals surface area contributed by atoms with Gasteiger partial charge in [0.25, 0.3) is 0 Å². The lowest BCUT2D eigenvalue weighted by Gasteiger charge is -2.23. The quantitative estimate of drug-likeness (QED) is 0.614. The van der Waals surface area contributed by atoms with Crippen molar-refractivity contribution in [3.63, 3.8) is 0 Å². The first-order valence-corrected chi connectivity index (χ1v) is 8.85. The van der Waals surface area contributed by atoms with Gasteiger partial charge in [-0.25, -0.2) is 4.79 Å². The fourth-order valence-electron chi connectivity index (χ4n) is 3.86. The van der Waals surface area contributed by atoms with E-state index in [1.165, 1.54) is 52.3 Å². The zero-order valence-electron chi connectivity index (χ0n) is 13.7. The summed E-state index contributed by atoms with van der Waals surface area (Å²) in [5.41, 5.74) is 2.04. The predicted molar refractivity (Wildman–Crippen MR) is 93.2 cm³/mol. The van der Waals surface area contributed by atoms with Crippen LogP contribution >= 0.6 is 11.6 Å². The second kappa shape index (κ2) is 7.10. The molecule has 1 saturated heterocycles. The number of hydrogen-bond donors (Lipinski definition) is 2. The Kier molecular flexibility index (Phi) is 5.12. The van der Waals surface area contributed by atoms with Crippen LogP contribution in [0.1, 0.15) is 42.5 Å². The number of esters is 1. The van der Waals surface area contributed by atoms with E-state index in [0.29, 0.717) is 16.0 Å². The van der Waals surface area contributed by atoms with Gasteiger partial charge < -0.3 is 15.4 Å². The minimum absolute atomic E-state index is 0.400. The molecule has 4 nitrogen and oxygen atoms in total. The number of carbonyl (C=O) groups is 1. The molecular weight excluding hydrogens is 312 g/mol. The van der Waals surface area contributed by atoms with E-state index in [1.807, 2.05) is 6.07 Å². The third-order valence-electron chi connectivity index (χ3n) is 5.39. The van der Waals surface area contributed by atoms with E-state index in [0.717, 1.165) is 18.2 Å². The number of piperidine rings is 1. The lowest BCUT2D eigenvalue weighted by molar-refractivity contribution is 0.0601. The maximum Gasteiger partial charge on any atom is 0.339 e. The van der Waals surface area contributed by atoms with Gasteiger partial charge in [0.05, 0.1) is 17.7 Å². The molecule has 5 heteroatoms. The molecule has 0 bridgehead atoms. The summed E-state index contributed by atoms with van der Waals surface area (Å²) in [6, 6.07) is 5.38. The molecule has 0 unspecified atom stereocenters. The maximum atomic E-state index is 11.5. The van der Waals surface area contributed by atoms with E-state index >= 15 is 0 Å². The molecule has 0 aromatic heterocycles. The Morgan fingerprint density at radius 1 is 1.43 bits per heavy atom. The fourth-order valence-corrected chi connectivity index (χ4v) is 4.12. The van der Waals surface area contributed by atoms with Gasteiger partial charge in [0, 0.05) is 12.2 Å². The summed E-state index contributed by atoms with van der Waals surface area (Å²) < 4.78 is 4.70. The van der Waals surface area contributed by atoms with Crippen LogP contribution in [0.3, 0.4) is 0 Å². The number of rotatable bonds is 6. The van der Waals surface area contributed by atoms with Gasteiger partial charge in [0.2, 0.25) is 0 Å². The summed E-state index contributed by atoms with van der Waals surface area (Å²) in [4.78, 5) is 11.5. The molecule has 23 heavy (non-hydrogen) atoms. The van der Waals surface area contributed by atoms with Gasteiger partial charge in [-0.15, -0.1) is 0 Å². The minimum atomic E-state index is -0.400. The Labute approximate surface area is 142 Å². The largest absolute Gasteiger partial charge is 0.465 e. The first-order valence-electron chi connectivity index (χ1n) is 8.47. The van der Waals surface area contributed by atoms with E-state index < -0.39 is 5.97 Å². The predicted octanol–water partition coefficient (Wildman–Crippen LogP) is 3.71. The number of anilines is 1. The number of hydrogen-bond acceptors (Lipinski definition) is 4. The molecule has 1 aliphatic carbocycles. The Morgan fingerprint density at radius 2 is 2.22 bits per heavy atom. The molecule has 1 heterocycles. The van der Waals surface area contributed by atoms with Crippen LogP contribution < -0.4 is 10.6 Å². The van der Waals surface area contributed by atoms with Gasteiger partial charge in [0.1, 0.15) is 0 Å². The summed E-state index contributed by atoms with van der Waals surface area (Å²) in [5.74, 6) is 0.527. The first-order chi connectivity index (χ1) is 11.1. The van der Waals surface area contributed by atoms with Crippen LogP contribution in [0.25, 0.3) is 0 Å². The molecule has 1 atom stereocenters. The lowest BCUT2D eigenvalue weighted by atomic mass is 9.90. The number of methoxy groups -OCH3 is 1. The second-order valence-corrected chi connectivity index (χ2v) is 7.18. The normalized spacial score (nSPS) is 21.9. The number of nitrogens with one attached hydrogen (secondary N) is 2. The van der Waals surface area contributed by atoms with E-state index in [-0.39, 0.29) is 0 Å². The highest BCUT2D eigenvalue weighted by molar-refractivity contribution is 6.33. The third kappa shape index (κ3) is 3.81. The summed E-state index contributed by atoms with van der Waals surface area (Å²) in [6.07, 6.45) is 6.62. The molecule has 1 saturated carbocycles. The molecule has 1 spiro atoms. The Bertz CT molecular complexity index is 570. The average Bonchev–Trinajstić information content (AvgIpc) is 3.23. The van der Waals surface area contributed by atoms with Crippen molar-refractivity contribution < 1.29 is 9.53 Å². The molecule has 2 N–H and O–H groups in total. The topological polar surface area (TPSA) is 50.4 Å². The van der Waals surface area contributed by atoms with Crippen molar-refractivity contribution in [3.8, 4) is 0 Å². The zero-order chi connectivity index (χ0) is 16.3. The van der Waals surface area contributed by atoms with Crippen LogP contribution in [0.4, 0.5) is 5.69 Å². The van der Waals surface area contributed by atoms with Crippen LogP contribution in [0.2, 0.25) is 5.02 Å². The Morgan fingerprint density at radius 3 is 2.91 bits per heavy atom. The minimum Gasteiger partial charge on any atom is -0.465 e. The Hall–Kier alpha value is -1.26. The number of benzene rings is 1. The van der Waals surface area contributed by atoms with Gasteiger partial charge >= 0.3 is 5.97 Å². The van der Waals surface area contributed by atoms with E-state index in [2.05, 4.69) is 10.6 Å². The van der Waals surface area contributed by atoms with Crippen LogP contribution in [0, 0.1) is 11.3 Å². The van der Waals surface area contributed by atoms with Gasteiger partial charge in [-0.05, 0) is 74.7 Å². The smallest absolute Gasteiger partial charge is 0.339 e. The monoisotopic (exact) mass is 336 g/mol. The second-order valence-electron chi connectivity index (χ2n) is 6.77. The molecule has 2 fully saturated rings. The van der Waals surface area contributed by atoms with Crippen molar-refractivity contribution in [2.75, 3.05) is 32.1 Å². The van der Waals surface area contributed by atoms with E-state index in [1.54, 1.807) is 12.1 Å². The van der Waals surface area contributed by atoms with Gasteiger partial charge in [-0.3, -0.25) is 0 Å². The van der Waals surface area contributed by atoms with Gasteiger partial charge in [-0.2, -0.15) is 0 Å². The van der Waals surface area contributed by atoms with Crippen molar-refractivity contribution in [2.24, 2.45) is 11.3 Å². The summed E-state index contributed by atoms with van der Waals surface area (Å²) in [5, 5.41) is 7.28. The van der Waals surface area contributed by atoms with Crippen molar-refractivity contribution in [1.82, 2.24) is 5.32 Å². The highest BCUT2D eigenvalue weighted by atomic mass is 35.5. The zero-order valence-corrected chi connectivity index (χ0v) is 14.4. The Balaban J connectivity index is 1.41. The molecule has 126 valence electrons. The number of ether oxygens (including phenoxy) is 1. The van der Waals surface area contributed by atoms with Crippen molar-refractivity contribution in [3.05, 3.63) is 28.8 Å². The maximum absolute atomic E-state index is 11.5. The lowest BCUT2D eigenvalue weighted by Crippen LogP contribution is -2.29. The van der Waals surface area contributed by atoms with Crippen molar-refractivity contribution >= 4 is 23.3 Å². The highest BCUT2D eigenvalue weighted by Crippen LogP contribution is 2.60. The third-order valence-corrected chi connectivity index (χ3v) is 5.70. The number of halogens is 1. The van der Waals surface area contributed by atoms with Gasteiger partial charge in [0.15, 0.2) is 0 Å². The van der Waals surface area contributed by atoms with Crippen LogP contribution in [-0.2, 0) is 4.74 Å². The molecule has 0 amide bonds. The molecule has 1 aromatic carbocycles. The molecule has 0 radical (unpaired) electrons. The average molecular weight is 337 g/mol. The van der Waals surface area contributed by atoms with Crippen LogP contribution in [0.5, 0.6) is 0 Å². The first kappa shape index (κ1) is 16.6. The summed E-state index contributed by atoms with van der Waals surface area (Å²) >= 11 is 6.13. The SMILES string of the molecule is COC(=O)c1ccc(NCCC[C@@H]2CC23CCNCC3)cc1Cl. The number of carbonyl (C=O) groups excluding carboxylic acids is 1. The van der Waals surface area contributed by atoms with Crippen molar-refractivity contribution in [1.29, 1.82) is 0 Å². The molecule has 3 rings (SSSR count). The molecule has 2 aliphatic rings. The standard InChI is InChI=1S/C18H25ClN2O2/c1-23-17(22)15-5-4-14(11-16(15)19)21-8-2-3-13-12-18(13)6-9-20-10-7-18/h4-5,11,13,20-21H,2-3,6-10,12H2,1H3/t13-/m1/s1. The summed E-state index contributed by atoms with van der Waals surface area (Å²) in [7, 11) is 1.36. The summed E-state index contributed by atoms with van der Waals surface area (Å²) in [6.45, 7) is 3.33. The molecule has 1 aromatic rings. The van der Waals surface area contributed by atoms with Gasteiger partial charge in [-0.1, -0.05) is 11.6 Å². The van der Waals surface area contributed by atoms with E-state index in [4.69, 9.17) is 16.3 Å². The highest BCUT2D eigenvalue weighted by Gasteiger charge is 2.52. The van der Waals surface area contributed by atoms with E-state index in [9.17, 15) is 4.79 Å². The van der Waals surface area contributed by atoms with Crippen LogP contribution in [0.15, 0.2) is 18.2 Å². The fraction of sp³-hybridized carbons (Fsp3) is 0.611. The molecule has 1 aliphatic heterocycles. The van der Waals surface area contributed by atoms with Crippen molar-refractivity contribution in [2.45, 2.75) is 32.1 Å². The van der Waals surface area contributed by atoms with Crippen LogP contribution in [-0.4, -0.2) is 32.7 Å².